The van der Waals surface area contributed by atoms with Crippen LogP contribution in [0.25, 0.3) is 0 Å². The first kappa shape index (κ1) is 36.5. The summed E-state index contributed by atoms with van der Waals surface area (Å²) in [5.41, 5.74) is 1.62. The molecule has 3 rings (SSSR count). The van der Waals surface area contributed by atoms with E-state index in [0.717, 1.165) is 11.1 Å². The summed E-state index contributed by atoms with van der Waals surface area (Å²) in [4.78, 5) is 43.3. The highest BCUT2D eigenvalue weighted by atomic mass is 16.5. The number of hydrogen-bond donors (Lipinski definition) is 3. The van der Waals surface area contributed by atoms with Crippen LogP contribution < -0.4 is 24.8 Å². The molecule has 0 aliphatic carbocycles. The van der Waals surface area contributed by atoms with Gasteiger partial charge in [-0.15, -0.1) is 0 Å². The smallest absolute Gasteiger partial charge is 0.309 e. The largest absolute Gasteiger partial charge is 0.493 e. The van der Waals surface area contributed by atoms with Gasteiger partial charge in [0.05, 0.1) is 47.0 Å². The lowest BCUT2D eigenvalue weighted by Crippen LogP contribution is -2.53. The summed E-state index contributed by atoms with van der Waals surface area (Å²) < 4.78 is 27.2. The van der Waals surface area contributed by atoms with Crippen LogP contribution in [0.3, 0.4) is 0 Å². The maximum absolute atomic E-state index is 13.9. The van der Waals surface area contributed by atoms with Gasteiger partial charge in [0, 0.05) is 31.5 Å². The van der Waals surface area contributed by atoms with Crippen LogP contribution in [0.4, 0.5) is 0 Å². The molecule has 0 radical (unpaired) electrons. The predicted molar refractivity (Wildman–Crippen MR) is 174 cm³/mol. The van der Waals surface area contributed by atoms with Crippen molar-refractivity contribution in [3.05, 3.63) is 96.3 Å². The molecule has 2 amide bonds. The molecule has 0 saturated heterocycles. The van der Waals surface area contributed by atoms with Crippen molar-refractivity contribution in [2.75, 3.05) is 34.5 Å². The van der Waals surface area contributed by atoms with Gasteiger partial charge in [0.15, 0.2) is 17.6 Å². The minimum atomic E-state index is -1.14. The van der Waals surface area contributed by atoms with Gasteiger partial charge in [0.1, 0.15) is 11.8 Å². The Morgan fingerprint density at radius 1 is 0.936 bits per heavy atom. The number of pyridine rings is 1. The molecular formula is C35H43N3O9. The summed E-state index contributed by atoms with van der Waals surface area (Å²) in [7, 11) is 4.30. The number of aliphatic hydroxyl groups excluding tert-OH is 1. The van der Waals surface area contributed by atoms with E-state index in [1.165, 1.54) is 21.3 Å². The van der Waals surface area contributed by atoms with E-state index >= 15 is 0 Å². The molecule has 47 heavy (non-hydrogen) atoms. The van der Waals surface area contributed by atoms with Crippen LogP contribution in [0, 0.1) is 5.92 Å². The second-order valence-electron chi connectivity index (χ2n) is 10.5. The maximum atomic E-state index is 13.9. The lowest BCUT2D eigenvalue weighted by molar-refractivity contribution is -0.139. The Balaban J connectivity index is 1.83. The van der Waals surface area contributed by atoms with Gasteiger partial charge >= 0.3 is 5.97 Å². The molecule has 12 heteroatoms. The Labute approximate surface area is 275 Å². The number of aromatic nitrogens is 1. The molecule has 2 aromatic carbocycles. The molecule has 12 nitrogen and oxygen atoms in total. The van der Waals surface area contributed by atoms with Gasteiger partial charge in [0.2, 0.25) is 5.91 Å². The van der Waals surface area contributed by atoms with Crippen molar-refractivity contribution in [3.8, 4) is 17.2 Å². The molecular weight excluding hydrogens is 606 g/mol. The third kappa shape index (κ3) is 11.7. The second-order valence-corrected chi connectivity index (χ2v) is 10.5. The number of nitrogens with zero attached hydrogens (tertiary/aromatic N) is 1. The number of benzene rings is 2. The first-order chi connectivity index (χ1) is 22.8. The summed E-state index contributed by atoms with van der Waals surface area (Å²) in [6.07, 6.45) is 5.65. The number of carbonyl (C=O) groups is 3. The van der Waals surface area contributed by atoms with Gasteiger partial charge in [0.25, 0.3) is 5.91 Å². The molecule has 0 spiro atoms. The monoisotopic (exact) mass is 649 g/mol. The number of rotatable bonds is 19. The number of esters is 1. The normalized spacial score (nSPS) is 13.6. The molecule has 0 aliphatic rings. The zero-order valence-corrected chi connectivity index (χ0v) is 27.1. The van der Waals surface area contributed by atoms with Crippen molar-refractivity contribution >= 4 is 17.8 Å². The van der Waals surface area contributed by atoms with Crippen LogP contribution in [0.15, 0.2) is 85.2 Å². The van der Waals surface area contributed by atoms with Gasteiger partial charge in [-0.25, -0.2) is 0 Å². The van der Waals surface area contributed by atoms with E-state index in [1.54, 1.807) is 42.7 Å². The van der Waals surface area contributed by atoms with E-state index in [-0.39, 0.29) is 44.5 Å². The predicted octanol–water partition coefficient (Wildman–Crippen LogP) is 3.54. The third-order valence-electron chi connectivity index (χ3n) is 7.17. The molecule has 3 N–H and O–H groups in total. The average Bonchev–Trinajstić information content (AvgIpc) is 3.10. The highest BCUT2D eigenvalue weighted by Crippen LogP contribution is 2.31. The molecule has 1 aromatic heterocycles. The Kier molecular flexibility index (Phi) is 15.2. The number of aliphatic hydroxyl groups is 1. The fourth-order valence-electron chi connectivity index (χ4n) is 4.64. The number of hydrogen-bond acceptors (Lipinski definition) is 10. The van der Waals surface area contributed by atoms with Gasteiger partial charge in [-0.3, -0.25) is 19.4 Å². The Bertz CT molecular complexity index is 1440. The van der Waals surface area contributed by atoms with Crippen molar-refractivity contribution in [1.29, 1.82) is 0 Å². The van der Waals surface area contributed by atoms with Crippen LogP contribution >= 0.6 is 0 Å². The SMILES string of the molecule is COC(=O)C/C=C/[C@H](C)[C@@H](NC(=O)[C@H](COCc1ccccc1)NC(=O)C(CCO)Oc1ccc(OC)c(OC)c1)c1cccnc1. The standard InChI is InChI=1S/C35H43N3O9/c1-24(10-8-14-32(40)45-4)33(26-13-9-18-36-21-26)38-34(41)28(23-46-22-25-11-6-5-7-12-25)37-35(42)30(17-19-39)47-27-15-16-29(43-2)31(20-27)44-3/h5-13,15-16,18,20-21,24,28,30,33,39H,14,17,19,22-23H2,1-4H3,(H,37,42)(H,38,41)/b10-8+/t24-,28-,30?,33+/m0/s1. The van der Waals surface area contributed by atoms with Crippen molar-refractivity contribution in [2.24, 2.45) is 5.92 Å². The summed E-state index contributed by atoms with van der Waals surface area (Å²) in [5.74, 6) is -0.611. The minimum absolute atomic E-state index is 0.0419. The van der Waals surface area contributed by atoms with Crippen LogP contribution in [0.1, 0.15) is 36.9 Å². The topological polar surface area (TPSA) is 155 Å². The molecule has 0 bridgehead atoms. The Morgan fingerprint density at radius 3 is 2.36 bits per heavy atom. The van der Waals surface area contributed by atoms with Crippen LogP contribution in [-0.2, 0) is 30.5 Å². The van der Waals surface area contributed by atoms with Gasteiger partial charge in [-0.1, -0.05) is 55.5 Å². The first-order valence-electron chi connectivity index (χ1n) is 15.1. The molecule has 252 valence electrons. The fraction of sp³-hybridized carbons (Fsp3) is 0.371. The first-order valence-corrected chi connectivity index (χ1v) is 15.1. The molecule has 1 heterocycles. The zero-order chi connectivity index (χ0) is 34.0. The van der Waals surface area contributed by atoms with E-state index in [4.69, 9.17) is 23.7 Å². The highest BCUT2D eigenvalue weighted by Gasteiger charge is 2.30. The van der Waals surface area contributed by atoms with Gasteiger partial charge in [-0.05, 0) is 35.2 Å². The Morgan fingerprint density at radius 2 is 1.70 bits per heavy atom. The number of amides is 2. The fourth-order valence-corrected chi connectivity index (χ4v) is 4.64. The summed E-state index contributed by atoms with van der Waals surface area (Å²) in [6, 6.07) is 16.1. The number of methoxy groups -OCH3 is 3. The lowest BCUT2D eigenvalue weighted by atomic mass is 9.94. The summed E-state index contributed by atoms with van der Waals surface area (Å²) >= 11 is 0. The van der Waals surface area contributed by atoms with Crippen LogP contribution in [0.5, 0.6) is 17.2 Å². The summed E-state index contributed by atoms with van der Waals surface area (Å²) in [6.45, 7) is 1.60. The van der Waals surface area contributed by atoms with E-state index in [2.05, 4.69) is 15.6 Å². The number of nitrogens with one attached hydrogen (secondary N) is 2. The summed E-state index contributed by atoms with van der Waals surface area (Å²) in [5, 5.41) is 15.5. The van der Waals surface area contributed by atoms with Crippen LogP contribution in [-0.4, -0.2) is 74.6 Å². The minimum Gasteiger partial charge on any atom is -0.493 e. The lowest BCUT2D eigenvalue weighted by Gasteiger charge is -2.27. The molecule has 1 unspecified atom stereocenters. The molecule has 0 aliphatic heterocycles. The maximum Gasteiger partial charge on any atom is 0.309 e. The van der Waals surface area contributed by atoms with Gasteiger partial charge < -0.3 is 39.4 Å². The molecule has 3 aromatic rings. The Hall–Kier alpha value is -4.94. The molecule has 0 saturated carbocycles. The molecule has 0 fully saturated rings. The highest BCUT2D eigenvalue weighted by molar-refractivity contribution is 5.90. The van der Waals surface area contributed by atoms with E-state index < -0.39 is 30.0 Å². The quantitative estimate of drug-likeness (QED) is 0.130. The van der Waals surface area contributed by atoms with E-state index in [1.807, 2.05) is 49.4 Å². The van der Waals surface area contributed by atoms with Crippen molar-refractivity contribution < 1.29 is 43.2 Å². The number of carbonyl (C=O) groups excluding carboxylic acids is 3. The van der Waals surface area contributed by atoms with Crippen molar-refractivity contribution in [1.82, 2.24) is 15.6 Å². The molecule has 4 atom stereocenters. The van der Waals surface area contributed by atoms with Crippen molar-refractivity contribution in [3.63, 3.8) is 0 Å². The van der Waals surface area contributed by atoms with Crippen LogP contribution in [0.2, 0.25) is 0 Å². The van der Waals surface area contributed by atoms with Gasteiger partial charge in [-0.2, -0.15) is 0 Å². The zero-order valence-electron chi connectivity index (χ0n) is 27.1. The average molecular weight is 650 g/mol. The van der Waals surface area contributed by atoms with E-state index in [9.17, 15) is 19.5 Å². The van der Waals surface area contributed by atoms with Crippen molar-refractivity contribution in [2.45, 2.75) is 44.6 Å². The second kappa shape index (κ2) is 19.5. The third-order valence-corrected chi connectivity index (χ3v) is 7.17. The van der Waals surface area contributed by atoms with E-state index in [0.29, 0.717) is 17.2 Å². The number of ether oxygens (including phenoxy) is 5.